The number of benzene rings is 3. The molecule has 3 heterocycles. The van der Waals surface area contributed by atoms with Crippen LogP contribution in [-0.4, -0.2) is 73.6 Å². The molecule has 4 aromatic rings. The molecule has 0 aliphatic carbocycles. The van der Waals surface area contributed by atoms with Gasteiger partial charge in [0.25, 0.3) is 11.8 Å². The molecular formula is C42H41ClN5O7S2-. The molecule has 2 amide bonds. The van der Waals surface area contributed by atoms with Crippen LogP contribution in [0.25, 0.3) is 0 Å². The predicted molar refractivity (Wildman–Crippen MR) is 219 cm³/mol. The van der Waals surface area contributed by atoms with Gasteiger partial charge in [0.2, 0.25) is 5.60 Å². The summed E-state index contributed by atoms with van der Waals surface area (Å²) in [6.07, 6.45) is 3.12. The topological polar surface area (TPSA) is 162 Å². The number of hydrogen-bond donors (Lipinski definition) is 2. The SMILES string of the molecule is CC(C)(C)OC(=O)C(C)(C)O/N=C(/C(=O)NC1C(=O)N2C(C(=O)[O-])=C(/C=C\CCl)CS[C@H]12)c1csc(NC(c2ccccc2)(c2ccccc2)c2ccccc2)n1. The Hall–Kier alpha value is -5.44. The highest BCUT2D eigenvalue weighted by Gasteiger charge is 2.53. The van der Waals surface area contributed by atoms with Gasteiger partial charge in [-0.15, -0.1) is 34.7 Å². The maximum Gasteiger partial charge on any atom is 0.353 e. The number of nitrogens with one attached hydrogen (secondary N) is 2. The van der Waals surface area contributed by atoms with E-state index in [4.69, 9.17) is 26.2 Å². The first-order valence-electron chi connectivity index (χ1n) is 18.0. The van der Waals surface area contributed by atoms with Crippen molar-refractivity contribution in [2.24, 2.45) is 5.16 Å². The Bertz CT molecular complexity index is 2120. The number of allylic oxidation sites excluding steroid dienone is 2. The van der Waals surface area contributed by atoms with Crippen molar-refractivity contribution in [3.05, 3.63) is 142 Å². The zero-order chi connectivity index (χ0) is 41.0. The average Bonchev–Trinajstić information content (AvgIpc) is 3.65. The highest BCUT2D eigenvalue weighted by atomic mass is 35.5. The van der Waals surface area contributed by atoms with Crippen LogP contribution < -0.4 is 15.7 Å². The molecule has 2 atom stereocenters. The van der Waals surface area contributed by atoms with E-state index in [0.717, 1.165) is 21.6 Å². The Morgan fingerprint density at radius 2 is 1.51 bits per heavy atom. The first kappa shape index (κ1) is 41.2. The highest BCUT2D eigenvalue weighted by Crippen LogP contribution is 2.42. The second-order valence-electron chi connectivity index (χ2n) is 14.6. The molecule has 1 unspecified atom stereocenters. The van der Waals surface area contributed by atoms with Gasteiger partial charge in [0, 0.05) is 17.0 Å². The van der Waals surface area contributed by atoms with Gasteiger partial charge in [-0.25, -0.2) is 9.78 Å². The van der Waals surface area contributed by atoms with E-state index in [1.165, 1.54) is 36.9 Å². The lowest BCUT2D eigenvalue weighted by Crippen LogP contribution is -2.71. The van der Waals surface area contributed by atoms with E-state index in [1.54, 1.807) is 38.3 Å². The zero-order valence-corrected chi connectivity index (χ0v) is 34.2. The minimum absolute atomic E-state index is 0.0896. The van der Waals surface area contributed by atoms with E-state index >= 15 is 0 Å². The summed E-state index contributed by atoms with van der Waals surface area (Å²) in [6.45, 7) is 8.06. The first-order chi connectivity index (χ1) is 27.2. The summed E-state index contributed by atoms with van der Waals surface area (Å²) in [5.74, 6) is -3.34. The number of esters is 1. The number of alkyl halides is 1. The number of ether oxygens (including phenoxy) is 1. The minimum Gasteiger partial charge on any atom is -0.543 e. The number of fused-ring (bicyclic) bond motifs is 1. The molecule has 0 bridgehead atoms. The lowest BCUT2D eigenvalue weighted by molar-refractivity contribution is -0.301. The van der Waals surface area contributed by atoms with Gasteiger partial charge >= 0.3 is 5.97 Å². The number of carbonyl (C=O) groups is 4. The Kier molecular flexibility index (Phi) is 12.3. The summed E-state index contributed by atoms with van der Waals surface area (Å²) in [4.78, 5) is 64.7. The van der Waals surface area contributed by atoms with Crippen molar-refractivity contribution in [1.82, 2.24) is 15.2 Å². The number of aliphatic carboxylic acids is 1. The molecule has 3 aromatic carbocycles. The molecule has 2 aliphatic rings. The number of thioether (sulfide) groups is 1. The molecule has 1 aromatic heterocycles. The normalized spacial score (nSPS) is 17.5. The summed E-state index contributed by atoms with van der Waals surface area (Å²) in [5.41, 5.74) is -0.755. The number of hydrogen-bond acceptors (Lipinski definition) is 12. The Morgan fingerprint density at radius 3 is 2.02 bits per heavy atom. The van der Waals surface area contributed by atoms with Crippen LogP contribution in [0, 0.1) is 0 Å². The third-order valence-corrected chi connectivity index (χ3v) is 11.3. The van der Waals surface area contributed by atoms with Gasteiger partial charge in [-0.05, 0) is 56.9 Å². The molecule has 2 aliphatic heterocycles. The summed E-state index contributed by atoms with van der Waals surface area (Å²) in [6, 6.07) is 28.6. The predicted octanol–water partition coefficient (Wildman–Crippen LogP) is 5.59. The fourth-order valence-corrected chi connectivity index (χ4v) is 8.50. The van der Waals surface area contributed by atoms with Gasteiger partial charge in [-0.3, -0.25) is 14.5 Å². The fourth-order valence-electron chi connectivity index (χ4n) is 6.34. The molecule has 296 valence electrons. The van der Waals surface area contributed by atoms with Crippen LogP contribution >= 0.6 is 34.7 Å². The van der Waals surface area contributed by atoms with Crippen molar-refractivity contribution in [2.75, 3.05) is 16.9 Å². The van der Waals surface area contributed by atoms with E-state index in [-0.39, 0.29) is 28.7 Å². The number of carboxylic acid groups (broad SMARTS) is 1. The number of rotatable bonds is 14. The number of amides is 2. The summed E-state index contributed by atoms with van der Waals surface area (Å²) in [5, 5.41) is 24.0. The standard InChI is InChI=1S/C42H42ClN5O7S2/c1-40(2,3)54-38(53)41(4,5)55-47-31(34(49)45-32-35(50)48-33(37(51)52)26(16-15-23-43)24-56-36(32)48)30-25-57-39(44-30)46-42(27-17-9-6-10-18-27,28-19-11-7-12-20-28)29-21-13-8-14-22-29/h6-22,25,32,36H,23-24H2,1-5H3,(H,44,46)(H,45,49)(H,51,52)/p-1/b16-15-,47-31+/t32?,36-/m1/s1. The van der Waals surface area contributed by atoms with Crippen molar-refractivity contribution in [1.29, 1.82) is 0 Å². The molecule has 1 fully saturated rings. The van der Waals surface area contributed by atoms with Gasteiger partial charge < -0.3 is 30.1 Å². The highest BCUT2D eigenvalue weighted by molar-refractivity contribution is 8.00. The van der Waals surface area contributed by atoms with Crippen LogP contribution in [0.1, 0.15) is 57.0 Å². The van der Waals surface area contributed by atoms with Gasteiger partial charge in [0.15, 0.2) is 10.8 Å². The van der Waals surface area contributed by atoms with Crippen molar-refractivity contribution in [3.63, 3.8) is 0 Å². The number of anilines is 1. The molecule has 15 heteroatoms. The number of β-lactam (4-membered cyclic amide) rings is 1. The van der Waals surface area contributed by atoms with Crippen LogP contribution in [-0.2, 0) is 34.3 Å². The third kappa shape index (κ3) is 8.78. The number of nitrogens with zero attached hydrogens (tertiary/aromatic N) is 3. The number of carbonyl (C=O) groups excluding carboxylic acids is 4. The Labute approximate surface area is 344 Å². The quantitative estimate of drug-likeness (QED) is 0.0410. The molecule has 2 N–H and O–H groups in total. The number of thiazole rings is 1. The molecule has 1 saturated heterocycles. The molecule has 57 heavy (non-hydrogen) atoms. The van der Waals surface area contributed by atoms with Crippen LogP contribution in [0.4, 0.5) is 5.13 Å². The van der Waals surface area contributed by atoms with Gasteiger partial charge in [0.1, 0.15) is 28.2 Å². The minimum atomic E-state index is -1.64. The monoisotopic (exact) mass is 826 g/mol. The van der Waals surface area contributed by atoms with E-state index in [0.29, 0.717) is 10.7 Å². The van der Waals surface area contributed by atoms with E-state index < -0.39 is 51.9 Å². The van der Waals surface area contributed by atoms with Crippen LogP contribution in [0.2, 0.25) is 0 Å². The zero-order valence-electron chi connectivity index (χ0n) is 31.9. The average molecular weight is 827 g/mol. The van der Waals surface area contributed by atoms with Crippen LogP contribution in [0.15, 0.2) is 125 Å². The van der Waals surface area contributed by atoms with Gasteiger partial charge in [-0.2, -0.15) is 0 Å². The van der Waals surface area contributed by atoms with E-state index in [1.807, 2.05) is 91.0 Å². The molecule has 0 saturated carbocycles. The van der Waals surface area contributed by atoms with Crippen molar-refractivity contribution >= 4 is 69.3 Å². The maximum atomic E-state index is 14.2. The summed E-state index contributed by atoms with van der Waals surface area (Å²) >= 11 is 8.26. The fraction of sp³-hybridized carbons (Fsp3) is 0.286. The lowest BCUT2D eigenvalue weighted by atomic mass is 9.77. The van der Waals surface area contributed by atoms with Crippen molar-refractivity contribution in [2.45, 2.75) is 62.8 Å². The van der Waals surface area contributed by atoms with E-state index in [2.05, 4.69) is 15.8 Å². The Balaban J connectivity index is 1.37. The summed E-state index contributed by atoms with van der Waals surface area (Å²) < 4.78 is 5.53. The smallest absolute Gasteiger partial charge is 0.353 e. The van der Waals surface area contributed by atoms with Crippen molar-refractivity contribution in [3.8, 4) is 0 Å². The Morgan fingerprint density at radius 1 is 0.947 bits per heavy atom. The van der Waals surface area contributed by atoms with Crippen LogP contribution in [0.5, 0.6) is 0 Å². The third-order valence-electron chi connectivity index (χ3n) is 9.02. The molecule has 6 rings (SSSR count). The second-order valence-corrected chi connectivity index (χ2v) is 16.9. The number of carboxylic acids is 1. The lowest BCUT2D eigenvalue weighted by Gasteiger charge is -2.50. The molecule has 0 radical (unpaired) electrons. The van der Waals surface area contributed by atoms with Gasteiger partial charge in [-0.1, -0.05) is 108 Å². The number of halogens is 1. The molecule has 0 spiro atoms. The number of aromatic nitrogens is 1. The van der Waals surface area contributed by atoms with Crippen molar-refractivity contribution < 1.29 is 33.9 Å². The summed E-state index contributed by atoms with van der Waals surface area (Å²) in [7, 11) is 0. The maximum absolute atomic E-state index is 14.2. The molecular weight excluding hydrogens is 786 g/mol. The largest absolute Gasteiger partial charge is 0.543 e. The first-order valence-corrected chi connectivity index (χ1v) is 20.5. The van der Waals surface area contributed by atoms with Gasteiger partial charge in [0.05, 0.1) is 11.7 Å². The van der Waals surface area contributed by atoms with Crippen LogP contribution in [0.3, 0.4) is 0 Å². The van der Waals surface area contributed by atoms with E-state index in [9.17, 15) is 24.3 Å². The second kappa shape index (κ2) is 17.0. The molecule has 12 nitrogen and oxygen atoms in total. The number of oxime groups is 1.